The van der Waals surface area contributed by atoms with E-state index in [1.54, 1.807) is 6.07 Å². The summed E-state index contributed by atoms with van der Waals surface area (Å²) in [5.74, 6) is 0.0613. The van der Waals surface area contributed by atoms with E-state index >= 15 is 0 Å². The van der Waals surface area contributed by atoms with Crippen LogP contribution in [0.2, 0.25) is 0 Å². The molecule has 0 aliphatic heterocycles. The molecule has 0 saturated carbocycles. The van der Waals surface area contributed by atoms with Gasteiger partial charge in [0, 0.05) is 12.3 Å². The largest absolute Gasteiger partial charge is 0.478 e. The number of hydrogen-bond acceptors (Lipinski definition) is 7. The molecule has 0 aliphatic carbocycles. The molecule has 0 saturated heterocycles. The van der Waals surface area contributed by atoms with Crippen molar-refractivity contribution in [2.75, 3.05) is 19.5 Å². The quantitative estimate of drug-likeness (QED) is 0.797. The van der Waals surface area contributed by atoms with E-state index in [9.17, 15) is 4.79 Å². The Hall–Kier alpha value is -2.64. The fraction of sp³-hybridized carbons (Fsp3) is 0.273. The van der Waals surface area contributed by atoms with Gasteiger partial charge < -0.3 is 15.2 Å². The van der Waals surface area contributed by atoms with Crippen molar-refractivity contribution < 1.29 is 14.3 Å². The second-order valence-corrected chi connectivity index (χ2v) is 3.50. The molecule has 2 heterocycles. The summed E-state index contributed by atoms with van der Waals surface area (Å²) >= 11 is 0. The number of esters is 1. The highest BCUT2D eigenvalue weighted by molar-refractivity contribution is 5.92. The van der Waals surface area contributed by atoms with Crippen LogP contribution >= 0.6 is 0 Å². The summed E-state index contributed by atoms with van der Waals surface area (Å²) in [5.41, 5.74) is 5.89. The smallest absolute Gasteiger partial charge is 0.360 e. The lowest BCUT2D eigenvalue weighted by Crippen LogP contribution is -2.07. The molecule has 0 aliphatic rings. The van der Waals surface area contributed by atoms with Crippen molar-refractivity contribution in [2.45, 2.75) is 6.92 Å². The van der Waals surface area contributed by atoms with Gasteiger partial charge in [0.15, 0.2) is 5.69 Å². The van der Waals surface area contributed by atoms with Crippen molar-refractivity contribution in [2.24, 2.45) is 0 Å². The Morgan fingerprint density at radius 1 is 1.53 bits per heavy atom. The SMILES string of the molecule is CCOc1ccnc(-n2cc(N)c(C(=O)OC)n2)n1. The van der Waals surface area contributed by atoms with Crippen molar-refractivity contribution >= 4 is 11.7 Å². The van der Waals surface area contributed by atoms with Crippen molar-refractivity contribution in [1.29, 1.82) is 0 Å². The second-order valence-electron chi connectivity index (χ2n) is 3.50. The van der Waals surface area contributed by atoms with E-state index in [0.717, 1.165) is 0 Å². The van der Waals surface area contributed by atoms with Crippen LogP contribution in [0.4, 0.5) is 5.69 Å². The van der Waals surface area contributed by atoms with Gasteiger partial charge in [-0.1, -0.05) is 0 Å². The minimum Gasteiger partial charge on any atom is -0.478 e. The van der Waals surface area contributed by atoms with Crippen LogP contribution in [-0.4, -0.2) is 39.4 Å². The Morgan fingerprint density at radius 2 is 2.32 bits per heavy atom. The van der Waals surface area contributed by atoms with Crippen molar-refractivity contribution in [3.8, 4) is 11.8 Å². The van der Waals surface area contributed by atoms with Crippen LogP contribution in [0.15, 0.2) is 18.5 Å². The topological polar surface area (TPSA) is 105 Å². The lowest BCUT2D eigenvalue weighted by Gasteiger charge is -2.03. The number of anilines is 1. The molecule has 0 bridgehead atoms. The third-order valence-electron chi connectivity index (χ3n) is 2.24. The summed E-state index contributed by atoms with van der Waals surface area (Å²) in [6, 6.07) is 1.63. The summed E-state index contributed by atoms with van der Waals surface area (Å²) in [4.78, 5) is 19.6. The second kappa shape index (κ2) is 5.34. The molecule has 0 unspecified atom stereocenters. The number of ether oxygens (including phenoxy) is 2. The minimum absolute atomic E-state index is 0.0212. The van der Waals surface area contributed by atoms with Gasteiger partial charge in [0.1, 0.15) is 0 Å². The summed E-state index contributed by atoms with van der Waals surface area (Å²) in [6.07, 6.45) is 2.97. The van der Waals surface area contributed by atoms with Crippen molar-refractivity contribution in [3.63, 3.8) is 0 Å². The number of carbonyl (C=O) groups excluding carboxylic acids is 1. The molecule has 0 aromatic carbocycles. The number of aromatic nitrogens is 4. The Morgan fingerprint density at radius 3 is 3.00 bits per heavy atom. The molecule has 0 atom stereocenters. The molecule has 2 aromatic rings. The van der Waals surface area contributed by atoms with E-state index in [4.69, 9.17) is 10.5 Å². The number of hydrogen-bond donors (Lipinski definition) is 1. The van der Waals surface area contributed by atoms with Crippen molar-refractivity contribution in [1.82, 2.24) is 19.7 Å². The Balaban J connectivity index is 2.36. The highest BCUT2D eigenvalue weighted by Gasteiger charge is 2.16. The fourth-order valence-electron chi connectivity index (χ4n) is 1.42. The maximum Gasteiger partial charge on any atom is 0.360 e. The highest BCUT2D eigenvalue weighted by Crippen LogP contribution is 2.14. The van der Waals surface area contributed by atoms with Crippen LogP contribution in [0.25, 0.3) is 5.95 Å². The van der Waals surface area contributed by atoms with Gasteiger partial charge in [-0.05, 0) is 6.92 Å². The number of rotatable bonds is 4. The molecule has 19 heavy (non-hydrogen) atoms. The fourth-order valence-corrected chi connectivity index (χ4v) is 1.42. The summed E-state index contributed by atoms with van der Waals surface area (Å²) < 4.78 is 11.1. The van der Waals surface area contributed by atoms with Crippen LogP contribution < -0.4 is 10.5 Å². The predicted octanol–water partition coefficient (Wildman–Crippen LogP) is 0.430. The zero-order valence-electron chi connectivity index (χ0n) is 10.5. The maximum absolute atomic E-state index is 11.4. The molecule has 8 nitrogen and oxygen atoms in total. The Bertz CT molecular complexity index is 596. The van der Waals surface area contributed by atoms with Crippen LogP contribution in [-0.2, 0) is 4.74 Å². The van der Waals surface area contributed by atoms with Gasteiger partial charge in [0.25, 0.3) is 5.95 Å². The molecule has 0 amide bonds. The van der Waals surface area contributed by atoms with Crippen molar-refractivity contribution in [3.05, 3.63) is 24.2 Å². The summed E-state index contributed by atoms with van der Waals surface area (Å²) in [7, 11) is 1.26. The Labute approximate surface area is 109 Å². The molecule has 100 valence electrons. The van der Waals surface area contributed by atoms with E-state index in [0.29, 0.717) is 12.5 Å². The first-order chi connectivity index (χ1) is 9.15. The molecule has 0 fully saturated rings. The molecule has 2 aromatic heterocycles. The number of nitrogens with two attached hydrogens (primary N) is 1. The number of nitrogen functional groups attached to an aromatic ring is 1. The standard InChI is InChI=1S/C11H13N5O3/c1-3-19-8-4-5-13-11(14-8)16-6-7(12)9(15-16)10(17)18-2/h4-6H,3,12H2,1-2H3. The van der Waals surface area contributed by atoms with Crippen LogP contribution in [0.1, 0.15) is 17.4 Å². The van der Waals surface area contributed by atoms with Gasteiger partial charge in [0.2, 0.25) is 5.88 Å². The van der Waals surface area contributed by atoms with Gasteiger partial charge in [0.05, 0.1) is 25.6 Å². The van der Waals surface area contributed by atoms with Gasteiger partial charge >= 0.3 is 5.97 Å². The van der Waals surface area contributed by atoms with Gasteiger partial charge in [-0.3, -0.25) is 0 Å². The monoisotopic (exact) mass is 263 g/mol. The number of carbonyl (C=O) groups is 1. The molecule has 0 radical (unpaired) electrons. The lowest BCUT2D eigenvalue weighted by atomic mass is 10.4. The molecular formula is C11H13N5O3. The first-order valence-electron chi connectivity index (χ1n) is 5.55. The summed E-state index contributed by atoms with van der Waals surface area (Å²) in [5, 5.41) is 3.99. The molecule has 2 rings (SSSR count). The molecule has 2 N–H and O–H groups in total. The number of methoxy groups -OCH3 is 1. The van der Waals surface area contributed by atoms with Crippen LogP contribution in [0.3, 0.4) is 0 Å². The molecular weight excluding hydrogens is 250 g/mol. The Kier molecular flexibility index (Phi) is 3.60. The van der Waals surface area contributed by atoms with E-state index in [2.05, 4.69) is 19.8 Å². The average Bonchev–Trinajstić information content (AvgIpc) is 2.81. The predicted molar refractivity (Wildman–Crippen MR) is 66.1 cm³/mol. The van der Waals surface area contributed by atoms with E-state index in [1.165, 1.54) is 24.2 Å². The molecule has 8 heteroatoms. The first kappa shape index (κ1) is 12.8. The lowest BCUT2D eigenvalue weighted by molar-refractivity contribution is 0.0594. The van der Waals surface area contributed by atoms with E-state index in [1.807, 2.05) is 6.92 Å². The highest BCUT2D eigenvalue weighted by atomic mass is 16.5. The van der Waals surface area contributed by atoms with Crippen LogP contribution in [0, 0.1) is 0 Å². The zero-order chi connectivity index (χ0) is 13.8. The van der Waals surface area contributed by atoms with Crippen LogP contribution in [0.5, 0.6) is 5.88 Å². The average molecular weight is 263 g/mol. The normalized spacial score (nSPS) is 10.2. The number of nitrogens with zero attached hydrogens (tertiary/aromatic N) is 4. The van der Waals surface area contributed by atoms with Gasteiger partial charge in [-0.15, -0.1) is 0 Å². The minimum atomic E-state index is -0.614. The van der Waals surface area contributed by atoms with Gasteiger partial charge in [-0.2, -0.15) is 10.1 Å². The third-order valence-corrected chi connectivity index (χ3v) is 2.24. The third kappa shape index (κ3) is 2.62. The zero-order valence-corrected chi connectivity index (χ0v) is 10.5. The van der Waals surface area contributed by atoms with Gasteiger partial charge in [-0.25, -0.2) is 14.5 Å². The summed E-state index contributed by atoms with van der Waals surface area (Å²) in [6.45, 7) is 2.34. The van der Waals surface area contributed by atoms with E-state index < -0.39 is 5.97 Å². The first-order valence-corrected chi connectivity index (χ1v) is 5.55. The maximum atomic E-state index is 11.4. The molecule has 0 spiro atoms. The van der Waals surface area contributed by atoms with E-state index in [-0.39, 0.29) is 17.3 Å².